The number of hydrogen-bond acceptors (Lipinski definition) is 6. The molecule has 1 aromatic carbocycles. The molecule has 1 N–H and O–H groups in total. The van der Waals surface area contributed by atoms with Crippen molar-refractivity contribution in [1.82, 2.24) is 25.0 Å². The molecular weight excluding hydrogens is 426 g/mol. The predicted octanol–water partition coefficient (Wildman–Crippen LogP) is 3.62. The Morgan fingerprint density at radius 2 is 1.84 bits per heavy atom. The molecule has 2 amide bonds. The summed E-state index contributed by atoms with van der Waals surface area (Å²) in [4.78, 5) is 32.6. The minimum absolute atomic E-state index is 0.0444. The molecule has 0 spiro atoms. The summed E-state index contributed by atoms with van der Waals surface area (Å²) in [5, 5.41) is 9.50. The molecular formula is C23H21N5O3S. The first-order chi connectivity index (χ1) is 15.7. The third kappa shape index (κ3) is 4.06. The number of furan rings is 1. The molecule has 3 aromatic heterocycles. The van der Waals surface area contributed by atoms with Crippen LogP contribution >= 0.6 is 11.3 Å². The van der Waals surface area contributed by atoms with Gasteiger partial charge in [-0.15, -0.1) is 16.4 Å². The molecule has 0 unspecified atom stereocenters. The minimum Gasteiger partial charge on any atom is -0.459 e. The smallest absolute Gasteiger partial charge is 0.291 e. The zero-order valence-electron chi connectivity index (χ0n) is 17.2. The number of carbonyl (C=O) groups excluding carboxylic acids is 2. The summed E-state index contributed by atoms with van der Waals surface area (Å²) in [6.07, 6.45) is 2.82. The number of nitrogens with zero attached hydrogens (tertiary/aromatic N) is 4. The fraction of sp³-hybridized carbons (Fsp3) is 0.217. The van der Waals surface area contributed by atoms with Gasteiger partial charge in [0.25, 0.3) is 11.8 Å². The first-order valence-corrected chi connectivity index (χ1v) is 11.3. The van der Waals surface area contributed by atoms with E-state index >= 15 is 0 Å². The van der Waals surface area contributed by atoms with Gasteiger partial charge in [-0.25, -0.2) is 9.67 Å². The lowest BCUT2D eigenvalue weighted by Crippen LogP contribution is -2.46. The topological polar surface area (TPSA) is 93.3 Å². The van der Waals surface area contributed by atoms with Crippen molar-refractivity contribution in [3.05, 3.63) is 77.8 Å². The Hall–Kier alpha value is -3.72. The lowest BCUT2D eigenvalue weighted by Gasteiger charge is -2.31. The minimum atomic E-state index is -0.312. The van der Waals surface area contributed by atoms with Crippen LogP contribution in [0.4, 0.5) is 0 Å². The lowest BCUT2D eigenvalue weighted by atomic mass is 10.0. The number of aromatic nitrogens is 3. The van der Waals surface area contributed by atoms with Crippen LogP contribution in [0.15, 0.2) is 70.7 Å². The van der Waals surface area contributed by atoms with E-state index in [1.807, 2.05) is 47.8 Å². The number of para-hydroxylation sites is 1. The van der Waals surface area contributed by atoms with Crippen molar-refractivity contribution in [2.45, 2.75) is 18.9 Å². The van der Waals surface area contributed by atoms with Gasteiger partial charge in [-0.1, -0.05) is 24.3 Å². The van der Waals surface area contributed by atoms with Gasteiger partial charge in [0.15, 0.2) is 11.6 Å². The van der Waals surface area contributed by atoms with E-state index in [1.54, 1.807) is 33.1 Å². The highest BCUT2D eigenvalue weighted by molar-refractivity contribution is 7.13. The lowest BCUT2D eigenvalue weighted by molar-refractivity contribution is 0.0666. The van der Waals surface area contributed by atoms with Crippen LogP contribution < -0.4 is 5.32 Å². The van der Waals surface area contributed by atoms with Crippen molar-refractivity contribution in [3.63, 3.8) is 0 Å². The van der Waals surface area contributed by atoms with Gasteiger partial charge in [-0.3, -0.25) is 9.59 Å². The number of likely N-dealkylation sites (tertiary alicyclic amines) is 1. The SMILES string of the molecule is O=C(NC1CCN(C(=O)c2ccco2)CC1)c1nc(-c2cccs2)n(-c2ccccc2)n1. The van der Waals surface area contributed by atoms with Gasteiger partial charge in [-0.2, -0.15) is 0 Å². The van der Waals surface area contributed by atoms with Gasteiger partial charge >= 0.3 is 0 Å². The number of amides is 2. The van der Waals surface area contributed by atoms with Crippen molar-refractivity contribution < 1.29 is 14.0 Å². The predicted molar refractivity (Wildman–Crippen MR) is 120 cm³/mol. The van der Waals surface area contributed by atoms with Gasteiger partial charge in [0.05, 0.1) is 16.8 Å². The molecule has 1 aliphatic rings. The van der Waals surface area contributed by atoms with Gasteiger partial charge in [-0.05, 0) is 48.6 Å². The van der Waals surface area contributed by atoms with Crippen molar-refractivity contribution in [2.75, 3.05) is 13.1 Å². The molecule has 0 bridgehead atoms. The Labute approximate surface area is 188 Å². The maximum atomic E-state index is 12.9. The maximum absolute atomic E-state index is 12.9. The fourth-order valence-electron chi connectivity index (χ4n) is 3.76. The Morgan fingerprint density at radius 1 is 1.03 bits per heavy atom. The Balaban J connectivity index is 1.29. The highest BCUT2D eigenvalue weighted by atomic mass is 32.1. The molecule has 0 radical (unpaired) electrons. The molecule has 32 heavy (non-hydrogen) atoms. The van der Waals surface area contributed by atoms with E-state index in [0.29, 0.717) is 37.5 Å². The Kier molecular flexibility index (Phi) is 5.55. The molecule has 1 saturated heterocycles. The summed E-state index contributed by atoms with van der Waals surface area (Å²) in [6, 6.07) is 16.9. The first kappa shape index (κ1) is 20.2. The van der Waals surface area contributed by atoms with Crippen LogP contribution in [0.1, 0.15) is 34.0 Å². The summed E-state index contributed by atoms with van der Waals surface area (Å²) < 4.78 is 6.90. The second-order valence-corrected chi connectivity index (χ2v) is 8.45. The summed E-state index contributed by atoms with van der Waals surface area (Å²) in [6.45, 7) is 1.10. The van der Waals surface area contributed by atoms with Crippen LogP contribution in [-0.2, 0) is 0 Å². The van der Waals surface area contributed by atoms with Crippen molar-refractivity contribution >= 4 is 23.2 Å². The number of thiophene rings is 1. The third-order valence-electron chi connectivity index (χ3n) is 5.40. The van der Waals surface area contributed by atoms with Gasteiger partial charge in [0, 0.05) is 19.1 Å². The number of nitrogens with one attached hydrogen (secondary N) is 1. The van der Waals surface area contributed by atoms with E-state index in [9.17, 15) is 9.59 Å². The standard InChI is InChI=1S/C23H21N5O3S/c29-22(24-16-10-12-27(13-11-16)23(30)18-8-4-14-31-18)20-25-21(19-9-5-15-32-19)28(26-20)17-6-2-1-3-7-17/h1-9,14-16H,10-13H2,(H,24,29). The summed E-state index contributed by atoms with van der Waals surface area (Å²) in [7, 11) is 0. The monoisotopic (exact) mass is 447 g/mol. The molecule has 1 fully saturated rings. The molecule has 1 aliphatic heterocycles. The van der Waals surface area contributed by atoms with E-state index in [1.165, 1.54) is 6.26 Å². The molecule has 5 rings (SSSR count). The van der Waals surface area contributed by atoms with E-state index in [2.05, 4.69) is 15.4 Å². The number of rotatable bonds is 5. The number of carbonyl (C=O) groups is 2. The number of hydrogen-bond donors (Lipinski definition) is 1. The van der Waals surface area contributed by atoms with Crippen LogP contribution in [-0.4, -0.2) is 50.6 Å². The quantitative estimate of drug-likeness (QED) is 0.504. The summed E-state index contributed by atoms with van der Waals surface area (Å²) >= 11 is 1.55. The molecule has 0 atom stereocenters. The Bertz CT molecular complexity index is 1190. The first-order valence-electron chi connectivity index (χ1n) is 10.4. The van der Waals surface area contributed by atoms with Gasteiger partial charge < -0.3 is 14.6 Å². The van der Waals surface area contributed by atoms with Crippen molar-refractivity contribution in [3.8, 4) is 16.4 Å². The summed E-state index contributed by atoms with van der Waals surface area (Å²) in [5.41, 5.74) is 0.840. The van der Waals surface area contributed by atoms with Crippen molar-refractivity contribution in [2.24, 2.45) is 0 Å². The van der Waals surface area contributed by atoms with Gasteiger partial charge in [0.1, 0.15) is 0 Å². The van der Waals surface area contributed by atoms with E-state index in [4.69, 9.17) is 4.42 Å². The maximum Gasteiger partial charge on any atom is 0.291 e. The molecule has 4 aromatic rings. The van der Waals surface area contributed by atoms with E-state index < -0.39 is 0 Å². The van der Waals surface area contributed by atoms with E-state index in [-0.39, 0.29) is 23.7 Å². The molecule has 8 nitrogen and oxygen atoms in total. The van der Waals surface area contributed by atoms with Crippen molar-refractivity contribution in [1.29, 1.82) is 0 Å². The third-order valence-corrected chi connectivity index (χ3v) is 6.27. The molecule has 0 aliphatic carbocycles. The van der Waals surface area contributed by atoms with Crippen LogP contribution in [0.2, 0.25) is 0 Å². The van der Waals surface area contributed by atoms with Crippen LogP contribution in [0.25, 0.3) is 16.4 Å². The normalized spacial score (nSPS) is 14.4. The molecule has 9 heteroatoms. The average molecular weight is 448 g/mol. The zero-order valence-corrected chi connectivity index (χ0v) is 18.0. The second kappa shape index (κ2) is 8.80. The van der Waals surface area contributed by atoms with Gasteiger partial charge in [0.2, 0.25) is 5.82 Å². The number of benzene rings is 1. The average Bonchev–Trinajstić information content (AvgIpc) is 3.61. The highest BCUT2D eigenvalue weighted by Gasteiger charge is 2.27. The summed E-state index contributed by atoms with van der Waals surface area (Å²) in [5.74, 6) is 0.669. The van der Waals surface area contributed by atoms with E-state index in [0.717, 1.165) is 10.6 Å². The second-order valence-electron chi connectivity index (χ2n) is 7.50. The van der Waals surface area contributed by atoms with Crippen LogP contribution in [0, 0.1) is 0 Å². The molecule has 4 heterocycles. The fourth-order valence-corrected chi connectivity index (χ4v) is 4.45. The van der Waals surface area contributed by atoms with Crippen LogP contribution in [0.3, 0.4) is 0 Å². The molecule has 162 valence electrons. The largest absolute Gasteiger partial charge is 0.459 e. The number of piperidine rings is 1. The molecule has 0 saturated carbocycles. The van der Waals surface area contributed by atoms with Crippen LogP contribution in [0.5, 0.6) is 0 Å². The highest BCUT2D eigenvalue weighted by Crippen LogP contribution is 2.25. The Morgan fingerprint density at radius 3 is 2.53 bits per heavy atom. The zero-order chi connectivity index (χ0) is 21.9.